The van der Waals surface area contributed by atoms with Crippen LogP contribution in [0.15, 0.2) is 48.5 Å². The lowest BCUT2D eigenvalue weighted by molar-refractivity contribution is -0.385. The highest BCUT2D eigenvalue weighted by Gasteiger charge is 2.19. The number of nitrogens with zero attached hydrogens (tertiary/aromatic N) is 1. The van der Waals surface area contributed by atoms with E-state index in [4.69, 9.17) is 12.2 Å². The third-order valence-corrected chi connectivity index (χ3v) is 3.94. The van der Waals surface area contributed by atoms with E-state index in [1.54, 1.807) is 24.3 Å². The molecule has 0 aliphatic heterocycles. The van der Waals surface area contributed by atoms with Crippen LogP contribution in [-0.2, 0) is 4.79 Å². The zero-order valence-electron chi connectivity index (χ0n) is 15.2. The first-order chi connectivity index (χ1) is 13.4. The minimum atomic E-state index is -0.686. The second kappa shape index (κ2) is 10.1. The number of benzene rings is 2. The molecule has 0 bridgehead atoms. The normalized spacial score (nSPS) is 10.0. The molecule has 9 heteroatoms. The number of thiocarbonyl (C=S) groups is 1. The van der Waals surface area contributed by atoms with Gasteiger partial charge in [-0.25, -0.2) is 0 Å². The molecule has 2 rings (SSSR count). The van der Waals surface area contributed by atoms with E-state index in [2.05, 4.69) is 16.0 Å². The van der Waals surface area contributed by atoms with Crippen molar-refractivity contribution >= 4 is 46.2 Å². The van der Waals surface area contributed by atoms with Crippen LogP contribution in [0, 0.1) is 10.1 Å². The molecule has 2 amide bonds. The summed E-state index contributed by atoms with van der Waals surface area (Å²) in [6.45, 7) is 2.01. The summed E-state index contributed by atoms with van der Waals surface area (Å²) in [4.78, 5) is 34.5. The Labute approximate surface area is 167 Å². The van der Waals surface area contributed by atoms with Crippen LogP contribution in [0.1, 0.15) is 36.5 Å². The summed E-state index contributed by atoms with van der Waals surface area (Å²) in [5.41, 5.74) is 0.758. The maximum Gasteiger partial charge on any atom is 0.282 e. The maximum absolute atomic E-state index is 12.3. The topological polar surface area (TPSA) is 113 Å². The molecule has 0 unspecified atom stereocenters. The Kier molecular flexibility index (Phi) is 7.58. The predicted octanol–water partition coefficient (Wildman–Crippen LogP) is 3.85. The van der Waals surface area contributed by atoms with E-state index >= 15 is 0 Å². The first-order valence-electron chi connectivity index (χ1n) is 8.66. The number of nitro groups is 1. The SMILES string of the molecule is CCCCC(=O)Nc1cccc(NC(=S)NC(=O)c2ccccc2[N+](=O)[O-])c1. The van der Waals surface area contributed by atoms with E-state index in [0.717, 1.165) is 12.8 Å². The van der Waals surface area contributed by atoms with Crippen molar-refractivity contribution in [3.8, 4) is 0 Å². The van der Waals surface area contributed by atoms with Crippen LogP contribution in [0.3, 0.4) is 0 Å². The van der Waals surface area contributed by atoms with Crippen LogP contribution in [-0.4, -0.2) is 21.9 Å². The molecular weight excluding hydrogens is 380 g/mol. The first-order valence-corrected chi connectivity index (χ1v) is 9.07. The number of anilines is 2. The van der Waals surface area contributed by atoms with Crippen LogP contribution >= 0.6 is 12.2 Å². The Morgan fingerprint density at radius 2 is 1.75 bits per heavy atom. The number of hydrogen-bond acceptors (Lipinski definition) is 5. The van der Waals surface area contributed by atoms with E-state index in [0.29, 0.717) is 17.8 Å². The third-order valence-electron chi connectivity index (χ3n) is 3.73. The van der Waals surface area contributed by atoms with Gasteiger partial charge in [0, 0.05) is 23.9 Å². The molecule has 0 heterocycles. The van der Waals surface area contributed by atoms with E-state index in [1.165, 1.54) is 24.3 Å². The number of unbranched alkanes of at least 4 members (excludes halogenated alkanes) is 1. The quantitative estimate of drug-likeness (QED) is 0.370. The lowest BCUT2D eigenvalue weighted by Gasteiger charge is -2.11. The number of nitro benzene ring substituents is 1. The number of carbonyl (C=O) groups excluding carboxylic acids is 2. The summed E-state index contributed by atoms with van der Waals surface area (Å²) < 4.78 is 0. The van der Waals surface area contributed by atoms with Gasteiger partial charge >= 0.3 is 0 Å². The first kappa shape index (κ1) is 21.0. The molecule has 0 aromatic heterocycles. The lowest BCUT2D eigenvalue weighted by atomic mass is 10.1. The van der Waals surface area contributed by atoms with Gasteiger partial charge in [-0.2, -0.15) is 0 Å². The Morgan fingerprint density at radius 3 is 2.43 bits per heavy atom. The van der Waals surface area contributed by atoms with Gasteiger partial charge in [-0.3, -0.25) is 25.0 Å². The minimum absolute atomic E-state index is 0.0161. The molecule has 0 saturated heterocycles. The molecule has 146 valence electrons. The lowest BCUT2D eigenvalue weighted by Crippen LogP contribution is -2.34. The molecule has 0 aliphatic carbocycles. The van der Waals surface area contributed by atoms with Gasteiger partial charge in [0.1, 0.15) is 5.56 Å². The number of hydrogen-bond donors (Lipinski definition) is 3. The number of rotatable bonds is 7. The summed E-state index contributed by atoms with van der Waals surface area (Å²) in [5, 5.41) is 19.1. The standard InChI is InChI=1S/C19H20N4O4S/c1-2-3-11-17(24)20-13-7-6-8-14(12-13)21-19(28)22-18(25)15-9-4-5-10-16(15)23(26)27/h4-10,12H,2-3,11H2,1H3,(H,20,24)(H2,21,22,25,28). The summed E-state index contributed by atoms with van der Waals surface area (Å²) >= 11 is 5.11. The number of para-hydroxylation sites is 1. The van der Waals surface area contributed by atoms with Gasteiger partial charge in [0.05, 0.1) is 4.92 Å². The average molecular weight is 400 g/mol. The number of nitrogens with one attached hydrogen (secondary N) is 3. The van der Waals surface area contributed by atoms with Crippen molar-refractivity contribution in [2.45, 2.75) is 26.2 Å². The van der Waals surface area contributed by atoms with E-state index in [-0.39, 0.29) is 22.3 Å². The zero-order valence-corrected chi connectivity index (χ0v) is 16.0. The molecule has 28 heavy (non-hydrogen) atoms. The van der Waals surface area contributed by atoms with Crippen molar-refractivity contribution in [2.24, 2.45) is 0 Å². The van der Waals surface area contributed by atoms with Gasteiger partial charge in [0.25, 0.3) is 11.6 Å². The van der Waals surface area contributed by atoms with Crippen molar-refractivity contribution in [1.29, 1.82) is 0 Å². The summed E-state index contributed by atoms with van der Waals surface area (Å²) in [5.74, 6) is -0.764. The van der Waals surface area contributed by atoms with Crippen molar-refractivity contribution < 1.29 is 14.5 Å². The van der Waals surface area contributed by atoms with Crippen LogP contribution in [0.4, 0.5) is 17.1 Å². The predicted molar refractivity (Wildman–Crippen MR) is 111 cm³/mol. The summed E-state index contributed by atoms with van der Waals surface area (Å²) in [7, 11) is 0. The highest BCUT2D eigenvalue weighted by atomic mass is 32.1. The minimum Gasteiger partial charge on any atom is -0.332 e. The molecule has 8 nitrogen and oxygen atoms in total. The Balaban J connectivity index is 2.00. The molecule has 0 aliphatic rings. The third kappa shape index (κ3) is 6.13. The average Bonchev–Trinajstić information content (AvgIpc) is 2.66. The fourth-order valence-corrected chi connectivity index (χ4v) is 2.60. The molecule has 3 N–H and O–H groups in total. The van der Waals surface area contributed by atoms with Gasteiger partial charge in [0.2, 0.25) is 5.91 Å². The Morgan fingerprint density at radius 1 is 1.07 bits per heavy atom. The molecular formula is C19H20N4O4S. The summed E-state index contributed by atoms with van der Waals surface area (Å²) in [6, 6.07) is 12.5. The Hall–Kier alpha value is -3.33. The van der Waals surface area contributed by atoms with Crippen molar-refractivity contribution in [3.05, 3.63) is 64.2 Å². The second-order valence-corrected chi connectivity index (χ2v) is 6.32. The monoisotopic (exact) mass is 400 g/mol. The molecule has 0 atom stereocenters. The maximum atomic E-state index is 12.3. The highest BCUT2D eigenvalue weighted by molar-refractivity contribution is 7.80. The fraction of sp³-hybridized carbons (Fsp3) is 0.211. The molecule has 0 spiro atoms. The molecule has 2 aromatic rings. The van der Waals surface area contributed by atoms with Crippen molar-refractivity contribution in [3.63, 3.8) is 0 Å². The van der Waals surface area contributed by atoms with Gasteiger partial charge < -0.3 is 10.6 Å². The summed E-state index contributed by atoms with van der Waals surface area (Å²) in [6.07, 6.45) is 2.19. The van der Waals surface area contributed by atoms with E-state index < -0.39 is 10.8 Å². The van der Waals surface area contributed by atoms with Crippen LogP contribution in [0.25, 0.3) is 0 Å². The van der Waals surface area contributed by atoms with Gasteiger partial charge in [0.15, 0.2) is 5.11 Å². The molecule has 0 radical (unpaired) electrons. The Bertz CT molecular complexity index is 901. The highest BCUT2D eigenvalue weighted by Crippen LogP contribution is 2.18. The van der Waals surface area contributed by atoms with Gasteiger partial charge in [-0.15, -0.1) is 0 Å². The van der Waals surface area contributed by atoms with Gasteiger partial charge in [-0.05, 0) is 42.9 Å². The molecule has 0 saturated carbocycles. The van der Waals surface area contributed by atoms with Crippen molar-refractivity contribution in [2.75, 3.05) is 10.6 Å². The van der Waals surface area contributed by atoms with E-state index in [9.17, 15) is 19.7 Å². The number of carbonyl (C=O) groups is 2. The smallest absolute Gasteiger partial charge is 0.282 e. The largest absolute Gasteiger partial charge is 0.332 e. The van der Waals surface area contributed by atoms with Crippen LogP contribution in [0.5, 0.6) is 0 Å². The second-order valence-electron chi connectivity index (χ2n) is 5.92. The van der Waals surface area contributed by atoms with Gasteiger partial charge in [-0.1, -0.05) is 31.5 Å². The fourth-order valence-electron chi connectivity index (χ4n) is 2.39. The number of amides is 2. The van der Waals surface area contributed by atoms with Crippen molar-refractivity contribution in [1.82, 2.24) is 5.32 Å². The molecule has 2 aromatic carbocycles. The molecule has 0 fully saturated rings. The van der Waals surface area contributed by atoms with Crippen LogP contribution < -0.4 is 16.0 Å². The zero-order chi connectivity index (χ0) is 20.5. The van der Waals surface area contributed by atoms with E-state index in [1.807, 2.05) is 6.92 Å². The van der Waals surface area contributed by atoms with Crippen LogP contribution in [0.2, 0.25) is 0 Å².